The van der Waals surface area contributed by atoms with E-state index in [9.17, 15) is 14.2 Å². The maximum absolute atomic E-state index is 12.4. The fourth-order valence-electron chi connectivity index (χ4n) is 1.78. The van der Waals surface area contributed by atoms with Crippen LogP contribution in [-0.4, -0.2) is 43.5 Å². The lowest BCUT2D eigenvalue weighted by molar-refractivity contribution is 0.0997. The molecule has 2 N–H and O–H groups in total. The fourth-order valence-corrected chi connectivity index (χ4v) is 3.31. The normalized spacial score (nSPS) is 11.9. The molecule has 0 radical (unpaired) electrons. The highest BCUT2D eigenvalue weighted by Crippen LogP contribution is 2.49. The van der Waals surface area contributed by atoms with E-state index in [0.717, 1.165) is 15.4 Å². The Morgan fingerprint density at radius 3 is 2.55 bits per heavy atom. The molecule has 0 fully saturated rings. The van der Waals surface area contributed by atoms with Crippen LogP contribution in [0.15, 0.2) is 11.1 Å². The molecule has 12 heteroatoms. The Hall–Kier alpha value is -2.10. The Labute approximate surface area is 124 Å². The Morgan fingerprint density at radius 1 is 1.36 bits per heavy atom. The number of nitrogens with two attached hydrogens (primary N) is 1. The zero-order chi connectivity index (χ0) is 16.3. The minimum Gasteiger partial charge on any atom is -0.364 e. The van der Waals surface area contributed by atoms with Crippen LogP contribution in [0.1, 0.15) is 24.3 Å². The predicted molar refractivity (Wildman–Crippen MR) is 74.4 cm³/mol. The summed E-state index contributed by atoms with van der Waals surface area (Å²) in [5.41, 5.74) is 4.18. The molecule has 2 rings (SSSR count). The average molecular weight is 330 g/mol. The number of nitrogens with zero attached hydrogens (tertiary/aromatic N) is 5. The maximum atomic E-state index is 12.4. The number of fused-ring (bicyclic) bond motifs is 1. The number of primary amides is 1. The highest BCUT2D eigenvalue weighted by Gasteiger charge is 2.27. The predicted octanol–water partition coefficient (Wildman–Crippen LogP) is -0.392. The molecule has 11 nitrogen and oxygen atoms in total. The third kappa shape index (κ3) is 3.06. The van der Waals surface area contributed by atoms with Gasteiger partial charge in [-0.2, -0.15) is 4.68 Å². The largest absolute Gasteiger partial charge is 0.364 e. The van der Waals surface area contributed by atoms with Crippen LogP contribution in [0.5, 0.6) is 0 Å². The van der Waals surface area contributed by atoms with Crippen molar-refractivity contribution in [3.05, 3.63) is 22.5 Å². The third-order valence-corrected chi connectivity index (χ3v) is 4.53. The highest BCUT2D eigenvalue weighted by molar-refractivity contribution is 7.52. The molecule has 22 heavy (non-hydrogen) atoms. The van der Waals surface area contributed by atoms with Crippen molar-refractivity contribution in [1.82, 2.24) is 24.4 Å². The van der Waals surface area contributed by atoms with E-state index in [0.29, 0.717) is 0 Å². The van der Waals surface area contributed by atoms with Crippen molar-refractivity contribution in [1.29, 1.82) is 0 Å². The molecule has 0 aliphatic carbocycles. The Bertz CT molecular complexity index is 789. The van der Waals surface area contributed by atoms with Crippen LogP contribution in [0.4, 0.5) is 0 Å². The molecule has 1 amide bonds. The molecule has 2 aromatic rings. The topological polar surface area (TPSA) is 144 Å². The molecular weight excluding hydrogens is 315 g/mol. The first kappa shape index (κ1) is 16.3. The van der Waals surface area contributed by atoms with Crippen molar-refractivity contribution in [2.24, 2.45) is 5.73 Å². The number of carbonyl (C=O) groups excluding carboxylic acids is 1. The van der Waals surface area contributed by atoms with Gasteiger partial charge >= 0.3 is 13.3 Å². The van der Waals surface area contributed by atoms with E-state index in [-0.39, 0.29) is 24.6 Å². The van der Waals surface area contributed by atoms with E-state index in [1.807, 2.05) is 0 Å². The molecule has 0 atom stereocenters. The second-order valence-electron chi connectivity index (χ2n) is 4.11. The van der Waals surface area contributed by atoms with E-state index in [2.05, 4.69) is 15.3 Å². The smallest absolute Gasteiger partial charge is 0.353 e. The monoisotopic (exact) mass is 330 g/mol. The van der Waals surface area contributed by atoms with Crippen molar-refractivity contribution in [2.75, 3.05) is 13.2 Å². The SMILES string of the molecule is CCOP(=O)(Cn1nnc2c(C(N)=O)ncn2c1=O)OCC. The van der Waals surface area contributed by atoms with Gasteiger partial charge < -0.3 is 14.8 Å². The van der Waals surface area contributed by atoms with Crippen LogP contribution >= 0.6 is 7.60 Å². The molecule has 0 spiro atoms. The van der Waals surface area contributed by atoms with Crippen LogP contribution in [0.25, 0.3) is 5.65 Å². The number of hydrogen-bond acceptors (Lipinski definition) is 8. The van der Waals surface area contributed by atoms with Gasteiger partial charge in [-0.3, -0.25) is 9.36 Å². The lowest BCUT2D eigenvalue weighted by atomic mass is 10.4. The molecule has 120 valence electrons. The highest BCUT2D eigenvalue weighted by atomic mass is 31.2. The quantitative estimate of drug-likeness (QED) is 0.676. The van der Waals surface area contributed by atoms with Gasteiger partial charge in [0.2, 0.25) is 0 Å². The molecule has 0 aliphatic rings. The standard InChI is InChI=1S/C10H15N6O5P/c1-3-20-22(19,21-4-2)6-16-10(18)15-5-12-7(8(11)17)9(15)13-14-16/h5H,3-4,6H2,1-2H3,(H2,11,17). The lowest BCUT2D eigenvalue weighted by Crippen LogP contribution is -2.30. The minimum atomic E-state index is -3.52. The van der Waals surface area contributed by atoms with Crippen molar-refractivity contribution >= 4 is 19.2 Å². The summed E-state index contributed by atoms with van der Waals surface area (Å²) in [5, 5.41) is 7.33. The van der Waals surface area contributed by atoms with Gasteiger partial charge in [-0.05, 0) is 13.8 Å². The first-order valence-corrected chi connectivity index (χ1v) is 8.13. The molecule has 0 saturated heterocycles. The number of rotatable bonds is 7. The Morgan fingerprint density at radius 2 is 2.00 bits per heavy atom. The van der Waals surface area contributed by atoms with Crippen molar-refractivity contribution in [2.45, 2.75) is 20.1 Å². The van der Waals surface area contributed by atoms with Gasteiger partial charge in [-0.1, -0.05) is 5.21 Å². The number of aromatic nitrogens is 5. The van der Waals surface area contributed by atoms with Crippen molar-refractivity contribution < 1.29 is 18.4 Å². The Kier molecular flexibility index (Phi) is 4.69. The number of imidazole rings is 1. The van der Waals surface area contributed by atoms with Crippen molar-refractivity contribution in [3.63, 3.8) is 0 Å². The summed E-state index contributed by atoms with van der Waals surface area (Å²) in [6.07, 6.45) is 0.690. The maximum Gasteiger partial charge on any atom is 0.353 e. The number of carbonyl (C=O) groups is 1. The second-order valence-corrected chi connectivity index (χ2v) is 6.13. The van der Waals surface area contributed by atoms with E-state index >= 15 is 0 Å². The summed E-state index contributed by atoms with van der Waals surface area (Å²) < 4.78 is 24.4. The molecule has 2 heterocycles. The Balaban J connectivity index is 2.45. The summed E-state index contributed by atoms with van der Waals surface area (Å²) in [5.74, 6) is -0.830. The van der Waals surface area contributed by atoms with Crippen LogP contribution in [0.2, 0.25) is 0 Å². The summed E-state index contributed by atoms with van der Waals surface area (Å²) >= 11 is 0. The third-order valence-electron chi connectivity index (χ3n) is 2.61. The summed E-state index contributed by atoms with van der Waals surface area (Å²) in [4.78, 5) is 27.1. The summed E-state index contributed by atoms with van der Waals surface area (Å²) in [6.45, 7) is 3.61. The lowest BCUT2D eigenvalue weighted by Gasteiger charge is -2.16. The second kappa shape index (κ2) is 6.34. The van der Waals surface area contributed by atoms with Crippen LogP contribution in [0, 0.1) is 0 Å². The van der Waals surface area contributed by atoms with Gasteiger partial charge in [0.05, 0.1) is 13.2 Å². The zero-order valence-corrected chi connectivity index (χ0v) is 12.9. The molecule has 2 aromatic heterocycles. The first-order valence-electron chi connectivity index (χ1n) is 6.40. The van der Waals surface area contributed by atoms with Gasteiger partial charge in [0.25, 0.3) is 5.91 Å². The fraction of sp³-hybridized carbons (Fsp3) is 0.500. The van der Waals surface area contributed by atoms with E-state index in [4.69, 9.17) is 14.8 Å². The van der Waals surface area contributed by atoms with Crippen LogP contribution in [0.3, 0.4) is 0 Å². The van der Waals surface area contributed by atoms with E-state index in [1.54, 1.807) is 13.8 Å². The molecule has 0 unspecified atom stereocenters. The number of amides is 1. The first-order chi connectivity index (χ1) is 10.4. The molecule has 0 aliphatic heterocycles. The van der Waals surface area contributed by atoms with Gasteiger partial charge in [0.1, 0.15) is 12.6 Å². The van der Waals surface area contributed by atoms with Gasteiger partial charge in [0, 0.05) is 0 Å². The average Bonchev–Trinajstić information content (AvgIpc) is 2.87. The van der Waals surface area contributed by atoms with Crippen LogP contribution in [-0.2, 0) is 19.9 Å². The molecule has 0 aromatic carbocycles. The summed E-state index contributed by atoms with van der Waals surface area (Å²) in [6, 6.07) is 0. The van der Waals surface area contributed by atoms with E-state index < -0.39 is 25.5 Å². The summed E-state index contributed by atoms with van der Waals surface area (Å²) in [7, 11) is -3.52. The molecule has 0 saturated carbocycles. The van der Waals surface area contributed by atoms with Gasteiger partial charge in [0.15, 0.2) is 11.3 Å². The zero-order valence-electron chi connectivity index (χ0n) is 12.0. The van der Waals surface area contributed by atoms with Crippen LogP contribution < -0.4 is 11.4 Å². The molecule has 0 bridgehead atoms. The van der Waals surface area contributed by atoms with E-state index in [1.165, 1.54) is 0 Å². The molecular formula is C10H15N6O5P. The van der Waals surface area contributed by atoms with Crippen molar-refractivity contribution in [3.8, 4) is 0 Å². The minimum absolute atomic E-state index is 0.0728. The van der Waals surface area contributed by atoms with Gasteiger partial charge in [-0.25, -0.2) is 14.2 Å². The number of hydrogen-bond donors (Lipinski definition) is 1. The van der Waals surface area contributed by atoms with Gasteiger partial charge in [-0.15, -0.1) is 5.10 Å².